The zero-order valence-corrected chi connectivity index (χ0v) is 22.2. The largest absolute Gasteiger partial charge is 0.497 e. The van der Waals surface area contributed by atoms with E-state index in [1.54, 1.807) is 53.0 Å². The van der Waals surface area contributed by atoms with Crippen molar-refractivity contribution in [3.63, 3.8) is 0 Å². The van der Waals surface area contributed by atoms with Crippen LogP contribution in [0.1, 0.15) is 45.5 Å². The summed E-state index contributed by atoms with van der Waals surface area (Å²) in [6.45, 7) is 7.28. The molecule has 204 valence electrons. The van der Waals surface area contributed by atoms with Crippen LogP contribution in [0.3, 0.4) is 0 Å². The predicted octanol–water partition coefficient (Wildman–Crippen LogP) is 5.33. The van der Waals surface area contributed by atoms with Crippen LogP contribution < -0.4 is 24.8 Å². The second-order valence-corrected chi connectivity index (χ2v) is 10.8. The van der Waals surface area contributed by atoms with Crippen LogP contribution in [-0.4, -0.2) is 39.5 Å². The molecule has 0 aliphatic rings. The maximum absolute atomic E-state index is 13.2. The fourth-order valence-electron chi connectivity index (χ4n) is 3.40. The minimum absolute atomic E-state index is 0. The van der Waals surface area contributed by atoms with Crippen molar-refractivity contribution in [1.29, 1.82) is 0 Å². The van der Waals surface area contributed by atoms with Crippen LogP contribution in [0.4, 0.5) is 4.79 Å². The molecule has 0 bridgehead atoms. The van der Waals surface area contributed by atoms with E-state index >= 15 is 0 Å². The summed E-state index contributed by atoms with van der Waals surface area (Å²) in [6, 6.07) is 17.7. The molecule has 0 atom stereocenters. The van der Waals surface area contributed by atoms with E-state index in [1.807, 2.05) is 35.1 Å². The topological polar surface area (TPSA) is 123 Å². The lowest BCUT2D eigenvalue weighted by Gasteiger charge is -2.21. The highest BCUT2D eigenvalue weighted by atomic mass is 32.2. The zero-order chi connectivity index (χ0) is 27.2. The first-order chi connectivity index (χ1) is 17.4. The lowest BCUT2D eigenvalue weighted by atomic mass is 10.1. The summed E-state index contributed by atoms with van der Waals surface area (Å²) in [7, 11) is -2.81. The lowest BCUT2D eigenvalue weighted by molar-refractivity contribution is 0.0955. The molecule has 3 amide bonds. The number of nitrogens with one attached hydrogen (secondary N) is 3. The molecule has 0 saturated heterocycles. The number of carbonyl (C=O) groups is 2. The molecular weight excluding hydrogens is 506 g/mol. The van der Waals surface area contributed by atoms with Gasteiger partial charge in [-0.1, -0.05) is 31.7 Å². The Balaban J connectivity index is 0.00000507. The van der Waals surface area contributed by atoms with Crippen molar-refractivity contribution in [3.8, 4) is 28.4 Å². The monoisotopic (exact) mass is 541 g/mol. The van der Waals surface area contributed by atoms with Gasteiger partial charge in [0.05, 0.1) is 7.11 Å². The Bertz CT molecular complexity index is 1380. The van der Waals surface area contributed by atoms with Crippen molar-refractivity contribution in [1.82, 2.24) is 15.4 Å². The highest BCUT2D eigenvalue weighted by Crippen LogP contribution is 2.32. The number of carbonyl (C=O) groups excluding carboxylic acids is 2. The van der Waals surface area contributed by atoms with E-state index < -0.39 is 27.5 Å². The van der Waals surface area contributed by atoms with Crippen molar-refractivity contribution < 1.29 is 27.5 Å². The van der Waals surface area contributed by atoms with Gasteiger partial charge in [0.2, 0.25) is 0 Å². The first kappa shape index (κ1) is 30.2. The molecule has 0 aliphatic carbocycles. The number of rotatable bonds is 8. The first-order valence-electron chi connectivity index (χ1n) is 11.6. The van der Waals surface area contributed by atoms with E-state index in [0.717, 1.165) is 16.9 Å². The van der Waals surface area contributed by atoms with Crippen molar-refractivity contribution in [2.45, 2.75) is 45.6 Å². The SMILES string of the molecule is C.CCNC(=O)c1ccc(Oc2cccc(-c3ccc(OC)cc3)c2)c(S(=O)(=O)NC(=O)NC(C)(C)C)c1. The van der Waals surface area contributed by atoms with E-state index in [2.05, 4.69) is 10.6 Å². The van der Waals surface area contributed by atoms with Gasteiger partial charge in [0.1, 0.15) is 22.1 Å². The summed E-state index contributed by atoms with van der Waals surface area (Å²) in [4.78, 5) is 24.4. The quantitative estimate of drug-likeness (QED) is 0.354. The third-order valence-corrected chi connectivity index (χ3v) is 6.39. The van der Waals surface area contributed by atoms with Crippen LogP contribution in [0.2, 0.25) is 0 Å². The molecule has 3 aromatic rings. The van der Waals surface area contributed by atoms with Gasteiger partial charge in [-0.3, -0.25) is 4.79 Å². The molecular formula is C28H35N3O6S. The highest BCUT2D eigenvalue weighted by molar-refractivity contribution is 7.90. The van der Waals surface area contributed by atoms with Crippen LogP contribution >= 0.6 is 0 Å². The fraction of sp³-hybridized carbons (Fsp3) is 0.286. The van der Waals surface area contributed by atoms with E-state index in [4.69, 9.17) is 9.47 Å². The molecule has 0 aliphatic heterocycles. The molecule has 0 saturated carbocycles. The fourth-order valence-corrected chi connectivity index (χ4v) is 4.46. The van der Waals surface area contributed by atoms with Gasteiger partial charge in [0, 0.05) is 17.6 Å². The second-order valence-electron chi connectivity index (χ2n) is 9.19. The normalized spacial score (nSPS) is 11.1. The number of hydrogen-bond donors (Lipinski definition) is 3. The second kappa shape index (κ2) is 12.5. The minimum Gasteiger partial charge on any atom is -0.497 e. The van der Waals surface area contributed by atoms with Crippen LogP contribution in [0.5, 0.6) is 17.2 Å². The molecule has 0 unspecified atom stereocenters. The molecule has 0 aromatic heterocycles. The number of amides is 3. The summed E-state index contributed by atoms with van der Waals surface area (Å²) >= 11 is 0. The minimum atomic E-state index is -4.40. The van der Waals surface area contributed by atoms with Gasteiger partial charge in [0.25, 0.3) is 15.9 Å². The number of ether oxygens (including phenoxy) is 2. The smallest absolute Gasteiger partial charge is 0.329 e. The Morgan fingerprint density at radius 2 is 1.58 bits per heavy atom. The van der Waals surface area contributed by atoms with Crippen LogP contribution in [0.15, 0.2) is 71.6 Å². The Labute approximate surface area is 224 Å². The Kier molecular flexibility index (Phi) is 9.90. The number of hydrogen-bond acceptors (Lipinski definition) is 6. The van der Waals surface area contributed by atoms with Crippen molar-refractivity contribution >= 4 is 22.0 Å². The molecule has 0 spiro atoms. The van der Waals surface area contributed by atoms with Crippen LogP contribution in [0.25, 0.3) is 11.1 Å². The summed E-state index contributed by atoms with van der Waals surface area (Å²) in [6.07, 6.45) is 0. The van der Waals surface area contributed by atoms with Crippen LogP contribution in [0, 0.1) is 0 Å². The predicted molar refractivity (Wildman–Crippen MR) is 148 cm³/mol. The molecule has 9 nitrogen and oxygen atoms in total. The molecule has 38 heavy (non-hydrogen) atoms. The zero-order valence-electron chi connectivity index (χ0n) is 21.4. The molecule has 10 heteroatoms. The standard InChI is InChI=1S/C27H31N3O6S.CH4/c1-6-28-25(31)20-12-15-23(24(17-20)37(33,34)30-26(32)29-27(2,3)4)36-22-9-7-8-19(16-22)18-10-13-21(35-5)14-11-18;/h7-17H,6H2,1-5H3,(H,28,31)(H2,29,30,32);1H4. The van der Waals surface area contributed by atoms with Gasteiger partial charge < -0.3 is 20.1 Å². The van der Waals surface area contributed by atoms with E-state index in [9.17, 15) is 18.0 Å². The summed E-state index contributed by atoms with van der Waals surface area (Å²) < 4.78 is 39.6. The maximum Gasteiger partial charge on any atom is 0.329 e. The average Bonchev–Trinajstić information content (AvgIpc) is 2.83. The van der Waals surface area contributed by atoms with Gasteiger partial charge in [0.15, 0.2) is 0 Å². The van der Waals surface area contributed by atoms with Gasteiger partial charge in [-0.2, -0.15) is 0 Å². The Morgan fingerprint density at radius 3 is 2.18 bits per heavy atom. The molecule has 0 heterocycles. The van der Waals surface area contributed by atoms with Gasteiger partial charge in [-0.25, -0.2) is 17.9 Å². The third kappa shape index (κ3) is 7.97. The first-order valence-corrected chi connectivity index (χ1v) is 13.1. The number of sulfonamides is 1. The van der Waals surface area contributed by atoms with Crippen LogP contribution in [-0.2, 0) is 10.0 Å². The average molecular weight is 542 g/mol. The van der Waals surface area contributed by atoms with Gasteiger partial charge >= 0.3 is 6.03 Å². The molecule has 3 N–H and O–H groups in total. The molecule has 3 rings (SSSR count). The Morgan fingerprint density at radius 1 is 0.895 bits per heavy atom. The van der Waals surface area contributed by atoms with Crippen molar-refractivity contribution in [2.24, 2.45) is 0 Å². The number of methoxy groups -OCH3 is 1. The summed E-state index contributed by atoms with van der Waals surface area (Å²) in [5.41, 5.74) is 1.19. The maximum atomic E-state index is 13.2. The third-order valence-electron chi connectivity index (χ3n) is 5.03. The van der Waals surface area contributed by atoms with Crippen molar-refractivity contribution in [2.75, 3.05) is 13.7 Å². The number of urea groups is 1. The van der Waals surface area contributed by atoms with Gasteiger partial charge in [-0.15, -0.1) is 0 Å². The molecule has 3 aromatic carbocycles. The number of benzene rings is 3. The summed E-state index contributed by atoms with van der Waals surface area (Å²) in [5.74, 6) is 0.595. The lowest BCUT2D eigenvalue weighted by Crippen LogP contribution is -2.48. The van der Waals surface area contributed by atoms with E-state index in [-0.39, 0.29) is 23.6 Å². The Hall–Kier alpha value is -4.05. The summed E-state index contributed by atoms with van der Waals surface area (Å²) in [5, 5.41) is 5.18. The highest BCUT2D eigenvalue weighted by Gasteiger charge is 2.26. The van der Waals surface area contributed by atoms with Gasteiger partial charge in [-0.05, 0) is 81.3 Å². The van der Waals surface area contributed by atoms with E-state index in [1.165, 1.54) is 18.2 Å². The molecule has 0 fully saturated rings. The van der Waals surface area contributed by atoms with Crippen molar-refractivity contribution in [3.05, 3.63) is 72.3 Å². The van der Waals surface area contributed by atoms with E-state index in [0.29, 0.717) is 12.3 Å². The molecule has 0 radical (unpaired) electrons.